The molecule has 3 heteroatoms. The van der Waals surface area contributed by atoms with Gasteiger partial charge >= 0.3 is 0 Å². The highest BCUT2D eigenvalue weighted by atomic mass is 14.9. The fourth-order valence-corrected chi connectivity index (χ4v) is 0.803. The molecule has 0 saturated carbocycles. The highest BCUT2D eigenvalue weighted by Crippen LogP contribution is 1.86. The first-order valence-electron chi connectivity index (χ1n) is 3.01. The number of nitrogen functional groups attached to an aromatic ring is 1. The second kappa shape index (κ2) is 2.47. The molecule has 0 aliphatic rings. The lowest BCUT2D eigenvalue weighted by Gasteiger charge is -1.93. The number of amidine groups is 1. The third kappa shape index (κ3) is 1.13. The molecule has 0 unspecified atom stereocenters. The number of aryl methyl sites for hydroxylation is 1. The SMILES string of the molecule is C[n+]1ccccc1C(=N)N. The molecule has 0 aliphatic heterocycles. The molecule has 0 aliphatic carbocycles. The normalized spacial score (nSPS) is 9.30. The van der Waals surface area contributed by atoms with Gasteiger partial charge in [0.05, 0.1) is 0 Å². The summed E-state index contributed by atoms with van der Waals surface area (Å²) in [6.07, 6.45) is 1.86. The molecule has 1 aromatic rings. The minimum absolute atomic E-state index is 0.100. The van der Waals surface area contributed by atoms with Gasteiger partial charge in [-0.25, -0.2) is 0 Å². The van der Waals surface area contributed by atoms with Gasteiger partial charge < -0.3 is 5.73 Å². The number of pyridine rings is 1. The molecule has 3 N–H and O–H groups in total. The topological polar surface area (TPSA) is 53.8 Å². The smallest absolute Gasteiger partial charge is 0.246 e. The van der Waals surface area contributed by atoms with Crippen LogP contribution in [0.2, 0.25) is 0 Å². The Morgan fingerprint density at radius 2 is 2.30 bits per heavy atom. The molecule has 10 heavy (non-hydrogen) atoms. The molecular formula is C7H10N3+. The summed E-state index contributed by atoms with van der Waals surface area (Å²) in [5.74, 6) is 0.100. The average molecular weight is 136 g/mol. The van der Waals surface area contributed by atoms with Gasteiger partial charge in [0.15, 0.2) is 12.0 Å². The Morgan fingerprint density at radius 1 is 1.60 bits per heavy atom. The van der Waals surface area contributed by atoms with Gasteiger partial charge in [-0.2, -0.15) is 4.57 Å². The van der Waals surface area contributed by atoms with E-state index in [0.29, 0.717) is 0 Å². The molecule has 0 atom stereocenters. The first-order chi connectivity index (χ1) is 4.72. The van der Waals surface area contributed by atoms with Crippen LogP contribution in [0.3, 0.4) is 0 Å². The molecule has 0 saturated heterocycles. The zero-order valence-electron chi connectivity index (χ0n) is 5.83. The first kappa shape index (κ1) is 6.74. The van der Waals surface area contributed by atoms with Gasteiger partial charge in [0.1, 0.15) is 7.05 Å². The first-order valence-corrected chi connectivity index (χ1v) is 3.01. The maximum absolute atomic E-state index is 7.13. The summed E-state index contributed by atoms with van der Waals surface area (Å²) in [7, 11) is 1.86. The highest BCUT2D eigenvalue weighted by Gasteiger charge is 2.05. The van der Waals surface area contributed by atoms with Gasteiger partial charge in [-0.1, -0.05) is 0 Å². The molecule has 0 fully saturated rings. The average Bonchev–Trinajstić information content (AvgIpc) is 1.88. The number of hydrogen-bond acceptors (Lipinski definition) is 1. The van der Waals surface area contributed by atoms with Crippen LogP contribution in [0.15, 0.2) is 24.4 Å². The van der Waals surface area contributed by atoms with E-state index in [1.54, 1.807) is 0 Å². The van der Waals surface area contributed by atoms with E-state index < -0.39 is 0 Å². The van der Waals surface area contributed by atoms with E-state index in [1.807, 2.05) is 36.0 Å². The van der Waals surface area contributed by atoms with Gasteiger partial charge in [0, 0.05) is 12.1 Å². The molecule has 0 aromatic carbocycles. The number of nitrogens with one attached hydrogen (secondary N) is 1. The van der Waals surface area contributed by atoms with Crippen LogP contribution >= 0.6 is 0 Å². The van der Waals surface area contributed by atoms with Crippen molar-refractivity contribution in [3.05, 3.63) is 30.1 Å². The standard InChI is InChI=1S/C7H10N3/c1-10-5-3-2-4-6(10)7(8)9/h2-5H,1H3,(H3,8,9)/q+1. The molecular weight excluding hydrogens is 126 g/mol. The Hall–Kier alpha value is -1.38. The molecule has 1 aromatic heterocycles. The monoisotopic (exact) mass is 136 g/mol. The Kier molecular flexibility index (Phi) is 1.67. The minimum atomic E-state index is 0.100. The molecule has 0 amide bonds. The third-order valence-corrected chi connectivity index (χ3v) is 1.33. The van der Waals surface area contributed by atoms with Crippen LogP contribution in [0.5, 0.6) is 0 Å². The Labute approximate surface area is 59.6 Å². The van der Waals surface area contributed by atoms with Crippen molar-refractivity contribution < 1.29 is 4.57 Å². The van der Waals surface area contributed by atoms with Crippen molar-refractivity contribution in [3.63, 3.8) is 0 Å². The number of hydrogen-bond donors (Lipinski definition) is 2. The van der Waals surface area contributed by atoms with Gasteiger partial charge in [-0.05, 0) is 6.07 Å². The summed E-state index contributed by atoms with van der Waals surface area (Å²) >= 11 is 0. The number of nitrogens with zero attached hydrogens (tertiary/aromatic N) is 1. The zero-order chi connectivity index (χ0) is 7.56. The van der Waals surface area contributed by atoms with Crippen molar-refractivity contribution >= 4 is 5.84 Å². The molecule has 0 bridgehead atoms. The van der Waals surface area contributed by atoms with Crippen molar-refractivity contribution in [3.8, 4) is 0 Å². The van der Waals surface area contributed by atoms with E-state index in [4.69, 9.17) is 11.1 Å². The molecule has 0 spiro atoms. The van der Waals surface area contributed by atoms with Crippen LogP contribution in [-0.4, -0.2) is 5.84 Å². The molecule has 3 nitrogen and oxygen atoms in total. The van der Waals surface area contributed by atoms with E-state index in [-0.39, 0.29) is 5.84 Å². The highest BCUT2D eigenvalue weighted by molar-refractivity contribution is 5.91. The number of aromatic nitrogens is 1. The minimum Gasteiger partial charge on any atom is -0.379 e. The van der Waals surface area contributed by atoms with Crippen molar-refractivity contribution in [1.82, 2.24) is 0 Å². The second-order valence-corrected chi connectivity index (χ2v) is 2.11. The Morgan fingerprint density at radius 3 is 2.70 bits per heavy atom. The van der Waals surface area contributed by atoms with Crippen molar-refractivity contribution in [2.45, 2.75) is 0 Å². The zero-order valence-corrected chi connectivity index (χ0v) is 5.83. The van der Waals surface area contributed by atoms with Gasteiger partial charge in [-0.15, -0.1) is 0 Å². The molecule has 1 rings (SSSR count). The van der Waals surface area contributed by atoms with Crippen molar-refractivity contribution in [2.24, 2.45) is 12.8 Å². The van der Waals surface area contributed by atoms with Gasteiger partial charge in [0.25, 0.3) is 0 Å². The van der Waals surface area contributed by atoms with E-state index in [0.717, 1.165) is 5.69 Å². The van der Waals surface area contributed by atoms with Crippen LogP contribution in [-0.2, 0) is 7.05 Å². The van der Waals surface area contributed by atoms with Crippen LogP contribution in [0.25, 0.3) is 0 Å². The number of rotatable bonds is 1. The van der Waals surface area contributed by atoms with Crippen molar-refractivity contribution in [1.29, 1.82) is 5.41 Å². The van der Waals surface area contributed by atoms with E-state index in [9.17, 15) is 0 Å². The number of nitrogens with two attached hydrogens (primary N) is 1. The fourth-order valence-electron chi connectivity index (χ4n) is 0.803. The van der Waals surface area contributed by atoms with Gasteiger partial charge in [-0.3, -0.25) is 5.41 Å². The van der Waals surface area contributed by atoms with E-state index in [2.05, 4.69) is 0 Å². The van der Waals surface area contributed by atoms with Crippen LogP contribution < -0.4 is 10.3 Å². The second-order valence-electron chi connectivity index (χ2n) is 2.11. The summed E-state index contributed by atoms with van der Waals surface area (Å²) in [4.78, 5) is 0. The molecule has 1 heterocycles. The predicted octanol–water partition coefficient (Wildman–Crippen LogP) is -0.205. The van der Waals surface area contributed by atoms with Crippen molar-refractivity contribution in [2.75, 3.05) is 0 Å². The lowest BCUT2D eigenvalue weighted by Crippen LogP contribution is -2.37. The summed E-state index contributed by atoms with van der Waals surface area (Å²) in [6.45, 7) is 0. The van der Waals surface area contributed by atoms with E-state index >= 15 is 0 Å². The lowest BCUT2D eigenvalue weighted by molar-refractivity contribution is -0.672. The van der Waals surface area contributed by atoms with E-state index in [1.165, 1.54) is 0 Å². The third-order valence-electron chi connectivity index (χ3n) is 1.33. The molecule has 52 valence electrons. The fraction of sp³-hybridized carbons (Fsp3) is 0.143. The summed E-state index contributed by atoms with van der Waals surface area (Å²) in [6, 6.07) is 5.56. The maximum Gasteiger partial charge on any atom is 0.246 e. The lowest BCUT2D eigenvalue weighted by atomic mass is 10.3. The quantitative estimate of drug-likeness (QED) is 0.313. The van der Waals surface area contributed by atoms with Crippen LogP contribution in [0.4, 0.5) is 0 Å². The summed E-state index contributed by atoms with van der Waals surface area (Å²) in [5.41, 5.74) is 6.02. The summed E-state index contributed by atoms with van der Waals surface area (Å²) in [5, 5.41) is 7.13. The van der Waals surface area contributed by atoms with Crippen LogP contribution in [0.1, 0.15) is 5.69 Å². The van der Waals surface area contributed by atoms with Crippen LogP contribution in [0, 0.1) is 5.41 Å². The Bertz CT molecular complexity index is 255. The summed E-state index contributed by atoms with van der Waals surface area (Å²) < 4.78 is 1.81. The largest absolute Gasteiger partial charge is 0.379 e. The molecule has 0 radical (unpaired) electrons. The maximum atomic E-state index is 7.13. The Balaban J connectivity index is 3.15. The predicted molar refractivity (Wildman–Crippen MR) is 38.6 cm³/mol. The van der Waals surface area contributed by atoms with Gasteiger partial charge in [0.2, 0.25) is 5.69 Å².